The van der Waals surface area contributed by atoms with Crippen molar-refractivity contribution in [2.24, 2.45) is 0 Å². The number of imidazole rings is 1. The number of nitrogens with one attached hydrogen (secondary N) is 1. The maximum Gasteiger partial charge on any atom is 0.354 e. The van der Waals surface area contributed by atoms with Crippen LogP contribution in [0, 0.1) is 0 Å². The molecule has 2 N–H and O–H groups in total. The molecule has 1 unspecified atom stereocenters. The standard InChI is InChI=1S/C13H21N3O3/c1-4-6-7-16(9(3)5-2)12(17)10-11(13(18)19)15-8-14-10/h8-9H,4-7H2,1-3H3,(H,14,15)(H,18,19). The Kier molecular flexibility index (Phi) is 5.54. The molecule has 1 rings (SSSR count). The molecule has 6 nitrogen and oxygen atoms in total. The number of nitrogens with zero attached hydrogens (tertiary/aromatic N) is 2. The fraction of sp³-hybridized carbons (Fsp3) is 0.615. The highest BCUT2D eigenvalue weighted by Crippen LogP contribution is 2.13. The molecular formula is C13H21N3O3. The van der Waals surface area contributed by atoms with Crippen molar-refractivity contribution in [3.8, 4) is 0 Å². The van der Waals surface area contributed by atoms with Crippen LogP contribution in [-0.2, 0) is 0 Å². The van der Waals surface area contributed by atoms with Crippen LogP contribution in [0.25, 0.3) is 0 Å². The van der Waals surface area contributed by atoms with Crippen LogP contribution in [0.5, 0.6) is 0 Å². The van der Waals surface area contributed by atoms with Crippen LogP contribution in [0.2, 0.25) is 0 Å². The lowest BCUT2D eigenvalue weighted by Crippen LogP contribution is -2.39. The number of carbonyl (C=O) groups excluding carboxylic acids is 1. The van der Waals surface area contributed by atoms with Crippen molar-refractivity contribution >= 4 is 11.9 Å². The number of rotatable bonds is 7. The van der Waals surface area contributed by atoms with Crippen molar-refractivity contribution in [3.63, 3.8) is 0 Å². The van der Waals surface area contributed by atoms with Gasteiger partial charge in [0.15, 0.2) is 11.4 Å². The third kappa shape index (κ3) is 3.56. The average molecular weight is 267 g/mol. The number of unbranched alkanes of at least 4 members (excludes halogenated alkanes) is 1. The van der Waals surface area contributed by atoms with Gasteiger partial charge < -0.3 is 15.0 Å². The van der Waals surface area contributed by atoms with E-state index in [0.717, 1.165) is 19.3 Å². The summed E-state index contributed by atoms with van der Waals surface area (Å²) in [5.41, 5.74) is -0.154. The Morgan fingerprint density at radius 1 is 1.47 bits per heavy atom. The van der Waals surface area contributed by atoms with Gasteiger partial charge in [0.25, 0.3) is 5.91 Å². The molecular weight excluding hydrogens is 246 g/mol. The maximum absolute atomic E-state index is 12.4. The van der Waals surface area contributed by atoms with E-state index in [9.17, 15) is 9.59 Å². The third-order valence-corrected chi connectivity index (χ3v) is 3.19. The van der Waals surface area contributed by atoms with E-state index in [1.54, 1.807) is 4.90 Å². The summed E-state index contributed by atoms with van der Waals surface area (Å²) in [7, 11) is 0. The first-order chi connectivity index (χ1) is 9.02. The van der Waals surface area contributed by atoms with E-state index in [1.165, 1.54) is 6.33 Å². The minimum absolute atomic E-state index is 0.0103. The zero-order valence-electron chi connectivity index (χ0n) is 11.6. The Bertz CT molecular complexity index is 442. The highest BCUT2D eigenvalue weighted by Gasteiger charge is 2.26. The fourth-order valence-corrected chi connectivity index (χ4v) is 1.83. The van der Waals surface area contributed by atoms with E-state index >= 15 is 0 Å². The van der Waals surface area contributed by atoms with Gasteiger partial charge in [-0.3, -0.25) is 4.79 Å². The number of hydrogen-bond donors (Lipinski definition) is 2. The largest absolute Gasteiger partial charge is 0.477 e. The molecule has 0 aliphatic rings. The van der Waals surface area contributed by atoms with E-state index in [4.69, 9.17) is 5.11 Å². The SMILES string of the molecule is CCCCN(C(=O)c1nc[nH]c1C(=O)O)C(C)CC. The second kappa shape index (κ2) is 6.92. The number of H-pyrrole nitrogens is 1. The van der Waals surface area contributed by atoms with Crippen molar-refractivity contribution < 1.29 is 14.7 Å². The summed E-state index contributed by atoms with van der Waals surface area (Å²) in [6, 6.07) is 0.0670. The average Bonchev–Trinajstić information content (AvgIpc) is 2.87. The zero-order valence-corrected chi connectivity index (χ0v) is 11.6. The summed E-state index contributed by atoms with van der Waals surface area (Å²) in [6.45, 7) is 6.63. The van der Waals surface area contributed by atoms with Gasteiger partial charge in [0.05, 0.1) is 6.33 Å². The second-order valence-corrected chi connectivity index (χ2v) is 4.54. The van der Waals surface area contributed by atoms with Gasteiger partial charge in [0, 0.05) is 12.6 Å². The quantitative estimate of drug-likeness (QED) is 0.792. The predicted octanol–water partition coefficient (Wildman–Crippen LogP) is 2.15. The van der Waals surface area contributed by atoms with Crippen LogP contribution in [0.1, 0.15) is 61.0 Å². The van der Waals surface area contributed by atoms with Gasteiger partial charge in [-0.1, -0.05) is 20.3 Å². The summed E-state index contributed by atoms with van der Waals surface area (Å²) in [5, 5.41) is 9.02. The number of amides is 1. The highest BCUT2D eigenvalue weighted by molar-refractivity contribution is 6.02. The maximum atomic E-state index is 12.4. The number of hydrogen-bond acceptors (Lipinski definition) is 3. The van der Waals surface area contributed by atoms with Gasteiger partial charge >= 0.3 is 5.97 Å². The van der Waals surface area contributed by atoms with Gasteiger partial charge in [0.2, 0.25) is 0 Å². The Labute approximate surface area is 112 Å². The van der Waals surface area contributed by atoms with Crippen molar-refractivity contribution in [1.82, 2.24) is 14.9 Å². The molecule has 0 aromatic carbocycles. The molecule has 0 bridgehead atoms. The molecule has 1 aromatic rings. The first-order valence-corrected chi connectivity index (χ1v) is 6.60. The molecule has 0 fully saturated rings. The Balaban J connectivity index is 2.98. The summed E-state index contributed by atoms with van der Waals surface area (Å²) < 4.78 is 0. The van der Waals surface area contributed by atoms with E-state index in [0.29, 0.717) is 6.54 Å². The lowest BCUT2D eigenvalue weighted by atomic mass is 10.1. The van der Waals surface area contributed by atoms with Gasteiger partial charge in [-0.15, -0.1) is 0 Å². The number of carboxylic acid groups (broad SMARTS) is 1. The van der Waals surface area contributed by atoms with Crippen molar-refractivity contribution in [2.75, 3.05) is 6.54 Å². The van der Waals surface area contributed by atoms with E-state index < -0.39 is 5.97 Å². The molecule has 0 saturated carbocycles. The molecule has 0 aliphatic carbocycles. The Hall–Kier alpha value is -1.85. The Morgan fingerprint density at radius 2 is 2.16 bits per heavy atom. The van der Waals surface area contributed by atoms with Crippen LogP contribution in [0.3, 0.4) is 0 Å². The van der Waals surface area contributed by atoms with Gasteiger partial charge in [-0.25, -0.2) is 9.78 Å². The predicted molar refractivity (Wildman–Crippen MR) is 71.2 cm³/mol. The van der Waals surface area contributed by atoms with Gasteiger partial charge in [-0.05, 0) is 19.8 Å². The minimum Gasteiger partial charge on any atom is -0.477 e. The number of aromatic carboxylic acids is 1. The summed E-state index contributed by atoms with van der Waals surface area (Å²) in [5.74, 6) is -1.48. The van der Waals surface area contributed by atoms with Crippen molar-refractivity contribution in [3.05, 3.63) is 17.7 Å². The normalized spacial score (nSPS) is 12.2. The van der Waals surface area contributed by atoms with E-state index in [1.807, 2.05) is 13.8 Å². The zero-order chi connectivity index (χ0) is 14.4. The van der Waals surface area contributed by atoms with E-state index in [2.05, 4.69) is 16.9 Å². The van der Waals surface area contributed by atoms with Crippen LogP contribution in [0.4, 0.5) is 0 Å². The summed E-state index contributed by atoms with van der Waals surface area (Å²) in [4.78, 5) is 31.5. The van der Waals surface area contributed by atoms with Crippen LogP contribution >= 0.6 is 0 Å². The fourth-order valence-electron chi connectivity index (χ4n) is 1.83. The molecule has 0 spiro atoms. The molecule has 19 heavy (non-hydrogen) atoms. The van der Waals surface area contributed by atoms with Gasteiger partial charge in [-0.2, -0.15) is 0 Å². The monoisotopic (exact) mass is 267 g/mol. The van der Waals surface area contributed by atoms with Crippen LogP contribution in [-0.4, -0.2) is 44.4 Å². The molecule has 1 aromatic heterocycles. The van der Waals surface area contributed by atoms with Crippen LogP contribution < -0.4 is 0 Å². The molecule has 0 radical (unpaired) electrons. The van der Waals surface area contributed by atoms with Crippen LogP contribution in [0.15, 0.2) is 6.33 Å². The minimum atomic E-state index is -1.17. The second-order valence-electron chi connectivity index (χ2n) is 4.54. The number of aromatic nitrogens is 2. The number of carboxylic acids is 1. The lowest BCUT2D eigenvalue weighted by molar-refractivity contribution is 0.0641. The molecule has 1 amide bonds. The molecule has 6 heteroatoms. The molecule has 106 valence electrons. The van der Waals surface area contributed by atoms with Gasteiger partial charge in [0.1, 0.15) is 0 Å². The Morgan fingerprint density at radius 3 is 2.68 bits per heavy atom. The molecule has 0 saturated heterocycles. The highest BCUT2D eigenvalue weighted by atomic mass is 16.4. The first kappa shape index (κ1) is 15.2. The van der Waals surface area contributed by atoms with E-state index in [-0.39, 0.29) is 23.3 Å². The lowest BCUT2D eigenvalue weighted by Gasteiger charge is -2.28. The topological polar surface area (TPSA) is 86.3 Å². The molecule has 0 aliphatic heterocycles. The number of carbonyl (C=O) groups is 2. The van der Waals surface area contributed by atoms with Crippen molar-refractivity contribution in [2.45, 2.75) is 46.1 Å². The first-order valence-electron chi connectivity index (χ1n) is 6.60. The summed E-state index contributed by atoms with van der Waals surface area (Å²) >= 11 is 0. The molecule has 1 heterocycles. The third-order valence-electron chi connectivity index (χ3n) is 3.19. The number of aromatic amines is 1. The summed E-state index contributed by atoms with van der Waals surface area (Å²) in [6.07, 6.45) is 3.93. The van der Waals surface area contributed by atoms with Crippen molar-refractivity contribution in [1.29, 1.82) is 0 Å². The smallest absolute Gasteiger partial charge is 0.354 e. The molecule has 1 atom stereocenters.